The molecule has 0 saturated carbocycles. The first-order chi connectivity index (χ1) is 20.5. The number of piperazine rings is 1. The summed E-state index contributed by atoms with van der Waals surface area (Å²) in [6, 6.07) is 7.63. The summed E-state index contributed by atoms with van der Waals surface area (Å²) < 4.78 is 78.1. The number of benzene rings is 2. The Bertz CT molecular complexity index is 1370. The molecule has 1 unspecified atom stereocenters. The molecule has 240 valence electrons. The number of fused-ring (bicyclic) bond motifs is 1. The molecule has 3 aliphatic rings. The van der Waals surface area contributed by atoms with E-state index in [-0.39, 0.29) is 34.8 Å². The number of hydrogen-bond donors (Lipinski definition) is 1. The predicted molar refractivity (Wildman–Crippen MR) is 151 cm³/mol. The number of halogens is 5. The first-order valence-corrected chi connectivity index (χ1v) is 14.7. The molecule has 2 fully saturated rings. The first kappa shape index (κ1) is 31.8. The largest absolute Gasteiger partial charge is 0.586 e. The van der Waals surface area contributed by atoms with Crippen LogP contribution >= 0.6 is 0 Å². The molecule has 0 spiro atoms. The monoisotopic (exact) mass is 624 g/mol. The van der Waals surface area contributed by atoms with Gasteiger partial charge in [-0.05, 0) is 47.9 Å². The Morgan fingerprint density at radius 1 is 0.977 bits per heavy atom. The maximum absolute atomic E-state index is 14.2. The molecule has 2 aromatic rings. The summed E-state index contributed by atoms with van der Waals surface area (Å²) in [7, 11) is 0. The standard InChI is InChI=1S/C31H37F5N4O4/c1-29(2,3)24-18-39(15-16-40(24)25(41)17-19-11-13-38(14-12-19)28(37)42)26(20-7-9-21(10-8-20)30(32,33)34)22-5-4-6-23-27(22)44-31(35,36)43-23/h4-10,19,24,26H,11-18H2,1-3H3,(H2,37,42)/t24-,26?/m1/s1. The van der Waals surface area contributed by atoms with Crippen molar-refractivity contribution < 1.29 is 41.0 Å². The van der Waals surface area contributed by atoms with Crippen LogP contribution in [0.2, 0.25) is 0 Å². The molecular formula is C31H37F5N4O4. The van der Waals surface area contributed by atoms with Crippen molar-refractivity contribution in [2.24, 2.45) is 17.1 Å². The molecule has 8 nitrogen and oxygen atoms in total. The van der Waals surface area contributed by atoms with E-state index in [1.54, 1.807) is 17.0 Å². The summed E-state index contributed by atoms with van der Waals surface area (Å²) in [6.07, 6.45) is -6.74. The van der Waals surface area contributed by atoms with Crippen LogP contribution in [0.3, 0.4) is 0 Å². The molecule has 5 rings (SSSR count). The number of rotatable bonds is 5. The van der Waals surface area contributed by atoms with Crippen LogP contribution in [0.5, 0.6) is 11.5 Å². The highest BCUT2D eigenvalue weighted by Gasteiger charge is 2.47. The first-order valence-electron chi connectivity index (χ1n) is 14.7. The number of piperidine rings is 1. The molecule has 44 heavy (non-hydrogen) atoms. The minimum Gasteiger partial charge on any atom is -0.395 e. The normalized spacial score (nSPS) is 21.8. The fraction of sp³-hybridized carbons (Fsp3) is 0.548. The van der Waals surface area contributed by atoms with E-state index in [9.17, 15) is 31.5 Å². The molecule has 3 amide bonds. The second-order valence-electron chi connectivity index (χ2n) is 12.8. The molecule has 0 radical (unpaired) electrons. The lowest BCUT2D eigenvalue weighted by atomic mass is 9.82. The molecular weight excluding hydrogens is 587 g/mol. The van der Waals surface area contributed by atoms with Gasteiger partial charge in [-0.1, -0.05) is 45.0 Å². The third-order valence-corrected chi connectivity index (χ3v) is 8.79. The number of alkyl halides is 5. The average molecular weight is 625 g/mol. The van der Waals surface area contributed by atoms with E-state index in [0.717, 1.165) is 12.1 Å². The van der Waals surface area contributed by atoms with Crippen molar-refractivity contribution >= 4 is 11.9 Å². The van der Waals surface area contributed by atoms with Crippen molar-refractivity contribution in [1.29, 1.82) is 0 Å². The lowest BCUT2D eigenvalue weighted by Gasteiger charge is -2.50. The summed E-state index contributed by atoms with van der Waals surface area (Å²) in [5, 5.41) is 0. The molecule has 3 aliphatic heterocycles. The van der Waals surface area contributed by atoms with E-state index < -0.39 is 30.1 Å². The fourth-order valence-electron chi connectivity index (χ4n) is 6.45. The van der Waals surface area contributed by atoms with Crippen molar-refractivity contribution in [2.45, 2.75) is 64.6 Å². The van der Waals surface area contributed by atoms with E-state index in [1.165, 1.54) is 18.2 Å². The number of carbonyl (C=O) groups excluding carboxylic acids is 2. The quantitative estimate of drug-likeness (QED) is 0.422. The van der Waals surface area contributed by atoms with E-state index in [4.69, 9.17) is 10.5 Å². The van der Waals surface area contributed by atoms with Gasteiger partial charge in [-0.15, -0.1) is 8.78 Å². The maximum atomic E-state index is 14.2. The van der Waals surface area contributed by atoms with Crippen LogP contribution in [0, 0.1) is 11.3 Å². The molecule has 3 heterocycles. The van der Waals surface area contributed by atoms with Gasteiger partial charge in [0.25, 0.3) is 0 Å². The zero-order valence-corrected chi connectivity index (χ0v) is 24.9. The highest BCUT2D eigenvalue weighted by molar-refractivity contribution is 5.77. The fourth-order valence-corrected chi connectivity index (χ4v) is 6.45. The van der Waals surface area contributed by atoms with Gasteiger partial charge in [0.1, 0.15) is 0 Å². The van der Waals surface area contributed by atoms with Crippen LogP contribution < -0.4 is 15.2 Å². The highest BCUT2D eigenvalue weighted by atomic mass is 19.4. The van der Waals surface area contributed by atoms with Gasteiger partial charge in [-0.3, -0.25) is 9.69 Å². The van der Waals surface area contributed by atoms with Gasteiger partial charge in [0.2, 0.25) is 5.91 Å². The van der Waals surface area contributed by atoms with Gasteiger partial charge in [0.15, 0.2) is 11.5 Å². The van der Waals surface area contributed by atoms with Crippen LogP contribution in [0.1, 0.15) is 62.8 Å². The summed E-state index contributed by atoms with van der Waals surface area (Å²) >= 11 is 0. The number of para-hydroxylation sites is 1. The second-order valence-corrected chi connectivity index (χ2v) is 12.8. The zero-order chi connectivity index (χ0) is 32.0. The van der Waals surface area contributed by atoms with E-state index in [0.29, 0.717) is 63.1 Å². The van der Waals surface area contributed by atoms with E-state index in [1.807, 2.05) is 30.6 Å². The Labute approximate surface area is 252 Å². The summed E-state index contributed by atoms with van der Waals surface area (Å²) in [5.74, 6) is -0.226. The molecule has 0 bridgehead atoms. The Morgan fingerprint density at radius 2 is 1.64 bits per heavy atom. The number of nitrogens with two attached hydrogens (primary N) is 1. The lowest BCUT2D eigenvalue weighted by molar-refractivity contribution is -0.287. The van der Waals surface area contributed by atoms with Crippen LogP contribution in [0.4, 0.5) is 26.7 Å². The average Bonchev–Trinajstić information content (AvgIpc) is 3.27. The van der Waals surface area contributed by atoms with Crippen LogP contribution in [0.15, 0.2) is 42.5 Å². The molecule has 2 atom stereocenters. The zero-order valence-electron chi connectivity index (χ0n) is 24.9. The summed E-state index contributed by atoms with van der Waals surface area (Å²) in [6.45, 7) is 8.05. The Hall–Kier alpha value is -3.61. The minimum atomic E-state index is -4.54. The van der Waals surface area contributed by atoms with E-state index >= 15 is 0 Å². The van der Waals surface area contributed by atoms with Crippen molar-refractivity contribution in [1.82, 2.24) is 14.7 Å². The maximum Gasteiger partial charge on any atom is 0.586 e. The Balaban J connectivity index is 1.44. The third-order valence-electron chi connectivity index (χ3n) is 8.79. The number of amides is 3. The van der Waals surface area contributed by atoms with Crippen LogP contribution in [-0.4, -0.2) is 71.7 Å². The van der Waals surface area contributed by atoms with Gasteiger partial charge in [0, 0.05) is 50.7 Å². The van der Waals surface area contributed by atoms with Crippen LogP contribution in [-0.2, 0) is 11.0 Å². The van der Waals surface area contributed by atoms with Crippen LogP contribution in [0.25, 0.3) is 0 Å². The molecule has 2 aromatic carbocycles. The summed E-state index contributed by atoms with van der Waals surface area (Å²) in [4.78, 5) is 30.6. The smallest absolute Gasteiger partial charge is 0.395 e. The molecule has 2 N–H and O–H groups in total. The van der Waals surface area contributed by atoms with Gasteiger partial charge in [0.05, 0.1) is 11.6 Å². The van der Waals surface area contributed by atoms with E-state index in [2.05, 4.69) is 4.74 Å². The molecule has 13 heteroatoms. The van der Waals surface area contributed by atoms with Gasteiger partial charge < -0.3 is 25.0 Å². The number of hydrogen-bond acceptors (Lipinski definition) is 5. The Kier molecular flexibility index (Phi) is 8.47. The minimum absolute atomic E-state index is 0.00911. The number of ether oxygens (including phenoxy) is 2. The Morgan fingerprint density at radius 3 is 2.23 bits per heavy atom. The van der Waals surface area contributed by atoms with Crippen molar-refractivity contribution in [2.75, 3.05) is 32.7 Å². The summed E-state index contributed by atoms with van der Waals surface area (Å²) in [5.41, 5.74) is 4.96. The van der Waals surface area contributed by atoms with Gasteiger partial charge >= 0.3 is 18.5 Å². The topological polar surface area (TPSA) is 88.3 Å². The molecule has 0 aromatic heterocycles. The lowest BCUT2D eigenvalue weighted by Crippen LogP contribution is -2.60. The number of urea groups is 1. The number of nitrogens with zero attached hydrogens (tertiary/aromatic N) is 3. The van der Waals surface area contributed by atoms with Crippen molar-refractivity contribution in [3.63, 3.8) is 0 Å². The molecule has 0 aliphatic carbocycles. The molecule has 2 saturated heterocycles. The second kappa shape index (κ2) is 11.7. The third kappa shape index (κ3) is 6.72. The van der Waals surface area contributed by atoms with Gasteiger partial charge in [-0.25, -0.2) is 4.79 Å². The SMILES string of the molecule is CC(C)(C)[C@H]1CN(C(c2ccc(C(F)(F)F)cc2)c2cccc3c2OC(F)(F)O3)CCN1C(=O)CC1CCN(C(N)=O)CC1. The van der Waals surface area contributed by atoms with Gasteiger partial charge in [-0.2, -0.15) is 13.2 Å². The predicted octanol–water partition coefficient (Wildman–Crippen LogP) is 5.86. The highest BCUT2D eigenvalue weighted by Crippen LogP contribution is 2.48. The number of likely N-dealkylation sites (tertiary alicyclic amines) is 1. The van der Waals surface area contributed by atoms with Crippen molar-refractivity contribution in [3.8, 4) is 11.5 Å². The number of primary amides is 1. The van der Waals surface area contributed by atoms with Crippen molar-refractivity contribution in [3.05, 3.63) is 59.2 Å². The number of carbonyl (C=O) groups is 2.